The van der Waals surface area contributed by atoms with Gasteiger partial charge in [0, 0.05) is 12.5 Å². The number of nitrogens with one attached hydrogen (secondary N) is 1. The smallest absolute Gasteiger partial charge is 0.120 e. The third kappa shape index (κ3) is 3.93. The molecule has 1 aliphatic heterocycles. The van der Waals surface area contributed by atoms with Crippen molar-refractivity contribution in [3.05, 3.63) is 29.8 Å². The first-order chi connectivity index (χ1) is 9.20. The van der Waals surface area contributed by atoms with Gasteiger partial charge in [-0.3, -0.25) is 11.3 Å². The Morgan fingerprint density at radius 1 is 1.42 bits per heavy atom. The second-order valence-electron chi connectivity index (χ2n) is 5.36. The van der Waals surface area contributed by atoms with Crippen molar-refractivity contribution < 1.29 is 9.47 Å². The molecule has 1 aromatic rings. The Bertz CT molecular complexity index is 389. The zero-order valence-corrected chi connectivity index (χ0v) is 11.8. The van der Waals surface area contributed by atoms with Crippen LogP contribution in [0.25, 0.3) is 0 Å². The zero-order valence-electron chi connectivity index (χ0n) is 11.8. The molecule has 1 saturated heterocycles. The monoisotopic (exact) mass is 264 g/mol. The second-order valence-corrected chi connectivity index (χ2v) is 5.36. The molecule has 19 heavy (non-hydrogen) atoms. The van der Waals surface area contributed by atoms with Gasteiger partial charge in [-0.25, -0.2) is 0 Å². The SMILES string of the molecule is CC(C)Oc1cccc(C(NN)C2CCCOC2)c1. The van der Waals surface area contributed by atoms with Crippen molar-refractivity contribution in [3.8, 4) is 5.75 Å². The summed E-state index contributed by atoms with van der Waals surface area (Å²) in [6.07, 6.45) is 2.42. The lowest BCUT2D eigenvalue weighted by Gasteiger charge is -2.30. The van der Waals surface area contributed by atoms with E-state index in [1.807, 2.05) is 26.0 Å². The van der Waals surface area contributed by atoms with E-state index in [4.69, 9.17) is 15.3 Å². The molecule has 1 heterocycles. The average molecular weight is 264 g/mol. The molecule has 0 amide bonds. The molecule has 0 spiro atoms. The highest BCUT2D eigenvalue weighted by atomic mass is 16.5. The minimum Gasteiger partial charge on any atom is -0.491 e. The van der Waals surface area contributed by atoms with Crippen molar-refractivity contribution in [2.45, 2.75) is 38.8 Å². The van der Waals surface area contributed by atoms with Gasteiger partial charge >= 0.3 is 0 Å². The maximum absolute atomic E-state index is 5.74. The third-order valence-corrected chi connectivity index (χ3v) is 3.44. The molecule has 0 bridgehead atoms. The minimum atomic E-state index is 0.121. The summed E-state index contributed by atoms with van der Waals surface area (Å²) in [6, 6.07) is 8.28. The minimum absolute atomic E-state index is 0.121. The van der Waals surface area contributed by atoms with Gasteiger partial charge in [0.05, 0.1) is 18.8 Å². The van der Waals surface area contributed by atoms with E-state index in [0.717, 1.165) is 37.4 Å². The van der Waals surface area contributed by atoms with Gasteiger partial charge in [-0.15, -0.1) is 0 Å². The fourth-order valence-electron chi connectivity index (χ4n) is 2.59. The van der Waals surface area contributed by atoms with Gasteiger partial charge in [0.25, 0.3) is 0 Å². The van der Waals surface area contributed by atoms with Crippen molar-refractivity contribution in [1.82, 2.24) is 5.43 Å². The molecule has 4 heteroatoms. The summed E-state index contributed by atoms with van der Waals surface area (Å²) in [6.45, 7) is 5.69. The first-order valence-electron chi connectivity index (χ1n) is 7.01. The Labute approximate surface area is 115 Å². The van der Waals surface area contributed by atoms with E-state index >= 15 is 0 Å². The molecule has 1 aromatic carbocycles. The lowest BCUT2D eigenvalue weighted by atomic mass is 9.89. The van der Waals surface area contributed by atoms with Crippen LogP contribution in [0.4, 0.5) is 0 Å². The lowest BCUT2D eigenvalue weighted by Crippen LogP contribution is -2.37. The average Bonchev–Trinajstić information content (AvgIpc) is 2.40. The van der Waals surface area contributed by atoms with Gasteiger partial charge in [0.2, 0.25) is 0 Å². The van der Waals surface area contributed by atoms with Gasteiger partial charge < -0.3 is 9.47 Å². The van der Waals surface area contributed by atoms with Gasteiger partial charge in [-0.2, -0.15) is 0 Å². The van der Waals surface area contributed by atoms with E-state index in [0.29, 0.717) is 5.92 Å². The third-order valence-electron chi connectivity index (χ3n) is 3.44. The Morgan fingerprint density at radius 3 is 2.89 bits per heavy atom. The highest BCUT2D eigenvalue weighted by Crippen LogP contribution is 2.30. The first kappa shape index (κ1) is 14.3. The molecule has 1 aliphatic rings. The van der Waals surface area contributed by atoms with Crippen LogP contribution in [-0.4, -0.2) is 19.3 Å². The van der Waals surface area contributed by atoms with Gasteiger partial charge in [0.15, 0.2) is 0 Å². The van der Waals surface area contributed by atoms with Crippen LogP contribution in [0.15, 0.2) is 24.3 Å². The predicted octanol–water partition coefficient (Wildman–Crippen LogP) is 2.40. The number of hydrogen-bond acceptors (Lipinski definition) is 4. The van der Waals surface area contributed by atoms with Crippen molar-refractivity contribution in [3.63, 3.8) is 0 Å². The molecule has 0 radical (unpaired) electrons. The highest BCUT2D eigenvalue weighted by molar-refractivity contribution is 5.31. The second kappa shape index (κ2) is 6.89. The van der Waals surface area contributed by atoms with E-state index in [1.54, 1.807) is 0 Å². The van der Waals surface area contributed by atoms with Crippen LogP contribution in [0.2, 0.25) is 0 Å². The summed E-state index contributed by atoms with van der Waals surface area (Å²) < 4.78 is 11.3. The fourth-order valence-corrected chi connectivity index (χ4v) is 2.59. The molecule has 2 atom stereocenters. The highest BCUT2D eigenvalue weighted by Gasteiger charge is 2.25. The number of nitrogens with two attached hydrogens (primary N) is 1. The molecule has 106 valence electrons. The lowest BCUT2D eigenvalue weighted by molar-refractivity contribution is 0.0389. The first-order valence-corrected chi connectivity index (χ1v) is 7.01. The van der Waals surface area contributed by atoms with E-state index < -0.39 is 0 Å². The quantitative estimate of drug-likeness (QED) is 0.633. The van der Waals surface area contributed by atoms with Crippen LogP contribution in [0.5, 0.6) is 5.75 Å². The molecule has 4 nitrogen and oxygen atoms in total. The standard InChI is InChI=1S/C15H24N2O2/c1-11(2)19-14-7-3-5-12(9-14)15(17-16)13-6-4-8-18-10-13/h3,5,7,9,11,13,15,17H,4,6,8,10,16H2,1-2H3. The fraction of sp³-hybridized carbons (Fsp3) is 0.600. The Hall–Kier alpha value is -1.10. The molecular weight excluding hydrogens is 240 g/mol. The van der Waals surface area contributed by atoms with Gasteiger partial charge in [-0.1, -0.05) is 12.1 Å². The maximum Gasteiger partial charge on any atom is 0.120 e. The molecule has 0 saturated carbocycles. The Morgan fingerprint density at radius 2 is 2.26 bits per heavy atom. The summed E-state index contributed by atoms with van der Waals surface area (Å²) in [5.74, 6) is 7.06. The van der Waals surface area contributed by atoms with Crippen LogP contribution >= 0.6 is 0 Å². The number of rotatable bonds is 5. The topological polar surface area (TPSA) is 56.5 Å². The van der Waals surface area contributed by atoms with Crippen LogP contribution in [0.3, 0.4) is 0 Å². The van der Waals surface area contributed by atoms with Crippen molar-refractivity contribution in [2.75, 3.05) is 13.2 Å². The van der Waals surface area contributed by atoms with Crippen molar-refractivity contribution >= 4 is 0 Å². The maximum atomic E-state index is 5.74. The van der Waals surface area contributed by atoms with E-state index in [-0.39, 0.29) is 12.1 Å². The number of hydrogen-bond donors (Lipinski definition) is 2. The van der Waals surface area contributed by atoms with E-state index in [1.165, 1.54) is 0 Å². The summed E-state index contributed by atoms with van der Waals surface area (Å²) >= 11 is 0. The summed E-state index contributed by atoms with van der Waals surface area (Å²) in [5, 5.41) is 0. The van der Waals surface area contributed by atoms with E-state index in [2.05, 4.69) is 17.6 Å². The molecule has 0 aliphatic carbocycles. The molecule has 2 rings (SSSR count). The van der Waals surface area contributed by atoms with Crippen LogP contribution < -0.4 is 16.0 Å². The van der Waals surface area contributed by atoms with Gasteiger partial charge in [0.1, 0.15) is 5.75 Å². The summed E-state index contributed by atoms with van der Waals surface area (Å²) in [4.78, 5) is 0. The van der Waals surface area contributed by atoms with Crippen LogP contribution in [0, 0.1) is 5.92 Å². The predicted molar refractivity (Wildman–Crippen MR) is 75.8 cm³/mol. The van der Waals surface area contributed by atoms with Crippen LogP contribution in [0.1, 0.15) is 38.3 Å². The summed E-state index contributed by atoms with van der Waals surface area (Å²) in [5.41, 5.74) is 4.10. The molecule has 1 fully saturated rings. The van der Waals surface area contributed by atoms with Crippen molar-refractivity contribution in [2.24, 2.45) is 11.8 Å². The number of hydrazine groups is 1. The molecule has 0 aromatic heterocycles. The van der Waals surface area contributed by atoms with Crippen molar-refractivity contribution in [1.29, 1.82) is 0 Å². The van der Waals surface area contributed by atoms with Crippen LogP contribution in [-0.2, 0) is 4.74 Å². The molecular formula is C15H24N2O2. The Balaban J connectivity index is 2.12. The largest absolute Gasteiger partial charge is 0.491 e. The Kier molecular flexibility index (Phi) is 5.19. The molecule has 3 N–H and O–H groups in total. The summed E-state index contributed by atoms with van der Waals surface area (Å²) in [7, 11) is 0. The normalized spacial score (nSPS) is 21.4. The molecule has 2 unspecified atom stereocenters. The zero-order chi connectivity index (χ0) is 13.7. The number of benzene rings is 1. The van der Waals surface area contributed by atoms with Gasteiger partial charge in [-0.05, 0) is 44.4 Å². The van der Waals surface area contributed by atoms with E-state index in [9.17, 15) is 0 Å². The number of ether oxygens (including phenoxy) is 2.